The molecule has 0 bridgehead atoms. The molecule has 0 saturated heterocycles. The lowest BCUT2D eigenvalue weighted by Crippen LogP contribution is -2.25. The van der Waals surface area contributed by atoms with E-state index in [-0.39, 0.29) is 18.3 Å². The minimum absolute atomic E-state index is 0.0442. The van der Waals surface area contributed by atoms with Gasteiger partial charge in [0.25, 0.3) is 0 Å². The molecule has 1 amide bonds. The van der Waals surface area contributed by atoms with E-state index in [9.17, 15) is 4.79 Å². The second kappa shape index (κ2) is 9.97. The van der Waals surface area contributed by atoms with E-state index >= 15 is 0 Å². The van der Waals surface area contributed by atoms with Gasteiger partial charge in [-0.3, -0.25) is 4.79 Å². The van der Waals surface area contributed by atoms with Gasteiger partial charge in [0.15, 0.2) is 11.0 Å². The van der Waals surface area contributed by atoms with Gasteiger partial charge in [0.05, 0.1) is 12.9 Å². The van der Waals surface area contributed by atoms with Crippen LogP contribution in [0.1, 0.15) is 17.0 Å². The van der Waals surface area contributed by atoms with Crippen molar-refractivity contribution in [3.63, 3.8) is 0 Å². The van der Waals surface area contributed by atoms with Crippen molar-refractivity contribution in [1.29, 1.82) is 0 Å². The molecular formula is C21H24N4O3S. The fourth-order valence-electron chi connectivity index (χ4n) is 2.60. The Morgan fingerprint density at radius 1 is 1.10 bits per heavy atom. The molecule has 0 atom stereocenters. The van der Waals surface area contributed by atoms with Gasteiger partial charge >= 0.3 is 0 Å². The third-order valence-electron chi connectivity index (χ3n) is 4.42. The van der Waals surface area contributed by atoms with Gasteiger partial charge in [0.1, 0.15) is 18.1 Å². The summed E-state index contributed by atoms with van der Waals surface area (Å²) in [5.41, 5.74) is 2.28. The maximum atomic E-state index is 12.2. The summed E-state index contributed by atoms with van der Waals surface area (Å²) in [4.78, 5) is 12.2. The van der Waals surface area contributed by atoms with Gasteiger partial charge in [0, 0.05) is 13.6 Å². The predicted molar refractivity (Wildman–Crippen MR) is 112 cm³/mol. The molecule has 7 nitrogen and oxygen atoms in total. The number of hydrogen-bond donors (Lipinski definition) is 1. The van der Waals surface area contributed by atoms with Gasteiger partial charge in [0.2, 0.25) is 5.91 Å². The van der Waals surface area contributed by atoms with Crippen LogP contribution in [0.15, 0.2) is 53.7 Å². The van der Waals surface area contributed by atoms with Crippen molar-refractivity contribution in [2.24, 2.45) is 7.05 Å². The van der Waals surface area contributed by atoms with Gasteiger partial charge in [-0.25, -0.2) is 0 Å². The van der Waals surface area contributed by atoms with Crippen LogP contribution in [0.2, 0.25) is 0 Å². The number of ether oxygens (including phenoxy) is 2. The summed E-state index contributed by atoms with van der Waals surface area (Å²) in [5.74, 6) is 2.41. The van der Waals surface area contributed by atoms with Crippen molar-refractivity contribution in [3.8, 4) is 11.5 Å². The van der Waals surface area contributed by atoms with E-state index in [1.165, 1.54) is 11.8 Å². The highest BCUT2D eigenvalue weighted by atomic mass is 32.2. The monoisotopic (exact) mass is 412 g/mol. The quantitative estimate of drug-likeness (QED) is 0.544. The topological polar surface area (TPSA) is 78.3 Å². The van der Waals surface area contributed by atoms with E-state index in [4.69, 9.17) is 9.47 Å². The first-order valence-corrected chi connectivity index (χ1v) is 10.1. The molecule has 2 aromatic carbocycles. The smallest absolute Gasteiger partial charge is 0.230 e. The van der Waals surface area contributed by atoms with Crippen molar-refractivity contribution in [2.45, 2.75) is 25.2 Å². The Hall–Kier alpha value is -3.00. The molecule has 3 rings (SSSR count). The van der Waals surface area contributed by atoms with Crippen LogP contribution in [0.3, 0.4) is 0 Å². The molecule has 0 aliphatic rings. The molecule has 0 unspecified atom stereocenters. The summed E-state index contributed by atoms with van der Waals surface area (Å²) < 4.78 is 12.7. The Balaban J connectivity index is 1.47. The Kier molecular flexibility index (Phi) is 7.13. The van der Waals surface area contributed by atoms with E-state index in [0.29, 0.717) is 17.5 Å². The van der Waals surface area contributed by atoms with Crippen LogP contribution >= 0.6 is 11.8 Å². The van der Waals surface area contributed by atoms with Gasteiger partial charge in [-0.2, -0.15) is 0 Å². The van der Waals surface area contributed by atoms with Crippen molar-refractivity contribution in [3.05, 3.63) is 65.5 Å². The van der Waals surface area contributed by atoms with E-state index in [2.05, 4.69) is 15.5 Å². The predicted octanol–water partition coefficient (Wildman–Crippen LogP) is 3.12. The molecule has 0 aliphatic heterocycles. The lowest BCUT2D eigenvalue weighted by atomic mass is 10.1. The SMILES string of the molecule is COc1ccc(OCc2nnc(SCC(=O)NCc3ccccc3C)n2C)cc1. The average Bonchev–Trinajstić information content (AvgIpc) is 3.10. The minimum Gasteiger partial charge on any atom is -0.497 e. The van der Waals surface area contributed by atoms with E-state index < -0.39 is 0 Å². The molecule has 0 aliphatic carbocycles. The zero-order chi connectivity index (χ0) is 20.6. The number of nitrogens with one attached hydrogen (secondary N) is 1. The van der Waals surface area contributed by atoms with E-state index in [1.807, 2.05) is 67.1 Å². The van der Waals surface area contributed by atoms with Crippen molar-refractivity contribution in [2.75, 3.05) is 12.9 Å². The average molecular weight is 413 g/mol. The standard InChI is InChI=1S/C21H24N4O3S/c1-15-6-4-5-7-16(15)12-22-20(26)14-29-21-24-23-19(25(21)2)13-28-18-10-8-17(27-3)9-11-18/h4-11H,12-14H2,1-3H3,(H,22,26). The number of carbonyl (C=O) groups is 1. The summed E-state index contributed by atoms with van der Waals surface area (Å²) >= 11 is 1.35. The number of hydrogen-bond acceptors (Lipinski definition) is 6. The van der Waals surface area contributed by atoms with Crippen LogP contribution in [0.4, 0.5) is 0 Å². The van der Waals surface area contributed by atoms with Crippen LogP contribution in [0.25, 0.3) is 0 Å². The van der Waals surface area contributed by atoms with E-state index in [1.54, 1.807) is 7.11 Å². The Morgan fingerprint density at radius 3 is 2.55 bits per heavy atom. The maximum absolute atomic E-state index is 12.2. The van der Waals surface area contributed by atoms with Gasteiger partial charge in [-0.05, 0) is 42.3 Å². The number of nitrogens with zero attached hydrogens (tertiary/aromatic N) is 3. The molecule has 3 aromatic rings. The summed E-state index contributed by atoms with van der Waals surface area (Å²) in [6.45, 7) is 2.84. The lowest BCUT2D eigenvalue weighted by Gasteiger charge is -2.08. The van der Waals surface area contributed by atoms with Crippen LogP contribution in [-0.2, 0) is 25.0 Å². The largest absolute Gasteiger partial charge is 0.497 e. The van der Waals surface area contributed by atoms with Gasteiger partial charge < -0.3 is 19.4 Å². The molecule has 1 aromatic heterocycles. The minimum atomic E-state index is -0.0442. The molecule has 8 heteroatoms. The van der Waals surface area contributed by atoms with Gasteiger partial charge in [-0.1, -0.05) is 36.0 Å². The molecule has 0 spiro atoms. The Morgan fingerprint density at radius 2 is 1.83 bits per heavy atom. The number of benzene rings is 2. The number of aromatic nitrogens is 3. The summed E-state index contributed by atoms with van der Waals surface area (Å²) in [5, 5.41) is 11.9. The summed E-state index contributed by atoms with van der Waals surface area (Å²) in [6, 6.07) is 15.4. The Bertz CT molecular complexity index is 957. The summed E-state index contributed by atoms with van der Waals surface area (Å²) in [7, 11) is 3.48. The number of methoxy groups -OCH3 is 1. The highest BCUT2D eigenvalue weighted by Gasteiger charge is 2.12. The van der Waals surface area contributed by atoms with Crippen molar-refractivity contribution in [1.82, 2.24) is 20.1 Å². The molecule has 29 heavy (non-hydrogen) atoms. The van der Waals surface area contributed by atoms with Crippen LogP contribution in [0, 0.1) is 6.92 Å². The number of carbonyl (C=O) groups excluding carboxylic acids is 1. The van der Waals surface area contributed by atoms with Crippen molar-refractivity contribution < 1.29 is 14.3 Å². The third kappa shape index (κ3) is 5.74. The fourth-order valence-corrected chi connectivity index (χ4v) is 3.36. The highest BCUT2D eigenvalue weighted by molar-refractivity contribution is 7.99. The lowest BCUT2D eigenvalue weighted by molar-refractivity contribution is -0.118. The third-order valence-corrected chi connectivity index (χ3v) is 5.44. The first kappa shape index (κ1) is 20.7. The maximum Gasteiger partial charge on any atom is 0.230 e. The van der Waals surface area contributed by atoms with Crippen LogP contribution in [0.5, 0.6) is 11.5 Å². The van der Waals surface area contributed by atoms with Crippen LogP contribution in [-0.4, -0.2) is 33.5 Å². The Labute approximate surface area is 174 Å². The molecule has 0 fully saturated rings. The molecule has 1 N–H and O–H groups in total. The fraction of sp³-hybridized carbons (Fsp3) is 0.286. The molecular weight excluding hydrogens is 388 g/mol. The molecule has 0 radical (unpaired) electrons. The molecule has 1 heterocycles. The van der Waals surface area contributed by atoms with Gasteiger partial charge in [-0.15, -0.1) is 10.2 Å². The second-order valence-corrected chi connectivity index (χ2v) is 7.36. The number of amides is 1. The first-order chi connectivity index (χ1) is 14.1. The zero-order valence-electron chi connectivity index (χ0n) is 16.7. The zero-order valence-corrected chi connectivity index (χ0v) is 17.5. The normalized spacial score (nSPS) is 10.6. The second-order valence-electron chi connectivity index (χ2n) is 6.41. The van der Waals surface area contributed by atoms with Crippen LogP contribution < -0.4 is 14.8 Å². The number of aryl methyl sites for hydroxylation is 1. The highest BCUT2D eigenvalue weighted by Crippen LogP contribution is 2.19. The first-order valence-electron chi connectivity index (χ1n) is 9.16. The number of rotatable bonds is 9. The van der Waals surface area contributed by atoms with E-state index in [0.717, 1.165) is 22.6 Å². The summed E-state index contributed by atoms with van der Waals surface area (Å²) in [6.07, 6.45) is 0. The van der Waals surface area contributed by atoms with Crippen molar-refractivity contribution >= 4 is 17.7 Å². The molecule has 0 saturated carbocycles. The molecule has 152 valence electrons. The number of thioether (sulfide) groups is 1.